The molecule has 0 radical (unpaired) electrons. The van der Waals surface area contributed by atoms with Gasteiger partial charge in [0.15, 0.2) is 0 Å². The van der Waals surface area contributed by atoms with E-state index in [4.69, 9.17) is 4.42 Å². The van der Waals surface area contributed by atoms with Crippen molar-refractivity contribution in [2.45, 2.75) is 31.8 Å². The second kappa shape index (κ2) is 9.72. The van der Waals surface area contributed by atoms with Crippen molar-refractivity contribution in [1.82, 2.24) is 10.2 Å². The Bertz CT molecular complexity index is 1120. The summed E-state index contributed by atoms with van der Waals surface area (Å²) < 4.78 is 5.29. The van der Waals surface area contributed by atoms with Crippen LogP contribution in [0.25, 0.3) is 10.8 Å². The Labute approximate surface area is 191 Å². The molecule has 3 nitrogen and oxygen atoms in total. The molecule has 1 aromatic heterocycles. The van der Waals surface area contributed by atoms with E-state index in [1.165, 1.54) is 33.9 Å². The van der Waals surface area contributed by atoms with Crippen LogP contribution in [0.4, 0.5) is 0 Å². The maximum atomic E-state index is 5.29. The van der Waals surface area contributed by atoms with E-state index in [1.807, 2.05) is 6.26 Å². The van der Waals surface area contributed by atoms with Gasteiger partial charge in [0.25, 0.3) is 0 Å². The monoisotopic (exact) mass is 424 g/mol. The number of nitrogens with one attached hydrogen (secondary N) is 1. The van der Waals surface area contributed by atoms with Gasteiger partial charge in [0.1, 0.15) is 0 Å². The molecule has 0 spiro atoms. The molecule has 3 heteroatoms. The Hall–Kier alpha value is -2.88. The summed E-state index contributed by atoms with van der Waals surface area (Å²) in [5.74, 6) is 1.15. The van der Waals surface area contributed by atoms with Crippen LogP contribution >= 0.6 is 0 Å². The molecule has 3 atom stereocenters. The van der Waals surface area contributed by atoms with Crippen LogP contribution in [0.3, 0.4) is 0 Å². The molecular formula is C29H32N2O. The fraction of sp³-hybridized carbons (Fsp3) is 0.310. The first kappa shape index (κ1) is 21.0. The number of furan rings is 1. The summed E-state index contributed by atoms with van der Waals surface area (Å²) in [7, 11) is 0. The van der Waals surface area contributed by atoms with E-state index in [2.05, 4.69) is 96.0 Å². The summed E-state index contributed by atoms with van der Waals surface area (Å²) in [4.78, 5) is 2.58. The molecule has 0 saturated carbocycles. The Morgan fingerprint density at radius 1 is 0.969 bits per heavy atom. The molecule has 1 saturated heterocycles. The number of nitrogens with zero attached hydrogens (tertiary/aromatic N) is 1. The van der Waals surface area contributed by atoms with E-state index < -0.39 is 0 Å². The van der Waals surface area contributed by atoms with Gasteiger partial charge in [0.2, 0.25) is 0 Å². The standard InChI is InChI=1S/C29H32N2O/c1-22(27-13-7-11-24-10-5-6-12-28(24)27)30-18-26-14-16-31(19-23-15-17-32-21-23)20-29(26)25-8-3-2-4-9-25/h2-13,15,17,21-22,26,29-30H,14,16,18-20H2,1H3. The highest BCUT2D eigenvalue weighted by molar-refractivity contribution is 5.86. The first-order valence-corrected chi connectivity index (χ1v) is 11.8. The summed E-state index contributed by atoms with van der Waals surface area (Å²) in [5.41, 5.74) is 4.10. The van der Waals surface area contributed by atoms with Gasteiger partial charge < -0.3 is 9.73 Å². The summed E-state index contributed by atoms with van der Waals surface area (Å²) in [5, 5.41) is 6.55. The number of likely N-dealkylation sites (tertiary alicyclic amines) is 1. The van der Waals surface area contributed by atoms with E-state index in [0.29, 0.717) is 17.9 Å². The van der Waals surface area contributed by atoms with Crippen molar-refractivity contribution in [1.29, 1.82) is 0 Å². The second-order valence-electron chi connectivity index (χ2n) is 9.13. The van der Waals surface area contributed by atoms with Gasteiger partial charge in [-0.15, -0.1) is 0 Å². The molecule has 0 aliphatic carbocycles. The minimum Gasteiger partial charge on any atom is -0.472 e. The van der Waals surface area contributed by atoms with Gasteiger partial charge in [0.05, 0.1) is 12.5 Å². The van der Waals surface area contributed by atoms with Crippen molar-refractivity contribution >= 4 is 10.8 Å². The SMILES string of the molecule is CC(NCC1CCN(Cc2ccoc2)CC1c1ccccc1)c1cccc2ccccc12. The molecule has 1 aliphatic heterocycles. The summed E-state index contributed by atoms with van der Waals surface area (Å²) in [6, 6.07) is 28.8. The lowest BCUT2D eigenvalue weighted by molar-refractivity contribution is 0.148. The van der Waals surface area contributed by atoms with Crippen molar-refractivity contribution in [3.05, 3.63) is 108 Å². The highest BCUT2D eigenvalue weighted by Gasteiger charge is 2.30. The molecule has 4 aromatic rings. The normalized spacial score (nSPS) is 20.4. The fourth-order valence-electron chi connectivity index (χ4n) is 5.24. The smallest absolute Gasteiger partial charge is 0.0947 e. The third-order valence-electron chi connectivity index (χ3n) is 7.03. The van der Waals surface area contributed by atoms with Crippen molar-refractivity contribution in [3.8, 4) is 0 Å². The number of piperidine rings is 1. The highest BCUT2D eigenvalue weighted by Crippen LogP contribution is 2.33. The summed E-state index contributed by atoms with van der Waals surface area (Å²) in [6.07, 6.45) is 4.85. The summed E-state index contributed by atoms with van der Waals surface area (Å²) in [6.45, 7) is 6.51. The number of hydrogen-bond acceptors (Lipinski definition) is 3. The van der Waals surface area contributed by atoms with E-state index in [-0.39, 0.29) is 0 Å². The van der Waals surface area contributed by atoms with Crippen LogP contribution in [-0.2, 0) is 6.54 Å². The van der Waals surface area contributed by atoms with E-state index >= 15 is 0 Å². The Morgan fingerprint density at radius 3 is 2.62 bits per heavy atom. The third-order valence-corrected chi connectivity index (χ3v) is 7.03. The van der Waals surface area contributed by atoms with Crippen molar-refractivity contribution in [3.63, 3.8) is 0 Å². The maximum Gasteiger partial charge on any atom is 0.0947 e. The minimum absolute atomic E-state index is 0.321. The van der Waals surface area contributed by atoms with Gasteiger partial charge in [-0.05, 0) is 60.3 Å². The lowest BCUT2D eigenvalue weighted by atomic mass is 9.80. The lowest BCUT2D eigenvalue weighted by Crippen LogP contribution is -2.42. The molecule has 5 rings (SSSR count). The average molecular weight is 425 g/mol. The van der Waals surface area contributed by atoms with Crippen LogP contribution in [-0.4, -0.2) is 24.5 Å². The van der Waals surface area contributed by atoms with Crippen LogP contribution in [0.15, 0.2) is 95.8 Å². The second-order valence-corrected chi connectivity index (χ2v) is 9.13. The molecule has 3 aromatic carbocycles. The molecular weight excluding hydrogens is 392 g/mol. The van der Waals surface area contributed by atoms with Gasteiger partial charge in [-0.1, -0.05) is 72.8 Å². The molecule has 2 heterocycles. The number of hydrogen-bond donors (Lipinski definition) is 1. The van der Waals surface area contributed by atoms with Gasteiger partial charge in [-0.25, -0.2) is 0 Å². The fourth-order valence-corrected chi connectivity index (χ4v) is 5.24. The first-order valence-electron chi connectivity index (χ1n) is 11.8. The predicted octanol–water partition coefficient (Wildman–Crippen LogP) is 6.39. The molecule has 1 aliphatic rings. The quantitative estimate of drug-likeness (QED) is 0.373. The Kier molecular flexibility index (Phi) is 6.38. The van der Waals surface area contributed by atoms with Crippen LogP contribution in [0.2, 0.25) is 0 Å². The molecule has 32 heavy (non-hydrogen) atoms. The molecule has 0 amide bonds. The van der Waals surface area contributed by atoms with Crippen LogP contribution < -0.4 is 5.32 Å². The van der Waals surface area contributed by atoms with Crippen LogP contribution in [0, 0.1) is 5.92 Å². The topological polar surface area (TPSA) is 28.4 Å². The van der Waals surface area contributed by atoms with Crippen molar-refractivity contribution in [2.75, 3.05) is 19.6 Å². The molecule has 164 valence electrons. The van der Waals surface area contributed by atoms with Crippen LogP contribution in [0.1, 0.15) is 42.0 Å². The third kappa shape index (κ3) is 4.64. The summed E-state index contributed by atoms with van der Waals surface area (Å²) >= 11 is 0. The van der Waals surface area contributed by atoms with Crippen molar-refractivity contribution < 1.29 is 4.42 Å². The Balaban J connectivity index is 1.30. The zero-order chi connectivity index (χ0) is 21.8. The van der Waals surface area contributed by atoms with Gasteiger partial charge in [-0.2, -0.15) is 0 Å². The highest BCUT2D eigenvalue weighted by atomic mass is 16.3. The minimum atomic E-state index is 0.321. The zero-order valence-corrected chi connectivity index (χ0v) is 18.8. The van der Waals surface area contributed by atoms with E-state index in [9.17, 15) is 0 Å². The van der Waals surface area contributed by atoms with Gasteiger partial charge in [-0.3, -0.25) is 4.90 Å². The molecule has 1 N–H and O–H groups in total. The van der Waals surface area contributed by atoms with E-state index in [0.717, 1.165) is 26.2 Å². The molecule has 1 fully saturated rings. The lowest BCUT2D eigenvalue weighted by Gasteiger charge is -2.39. The maximum absolute atomic E-state index is 5.29. The van der Waals surface area contributed by atoms with Crippen molar-refractivity contribution in [2.24, 2.45) is 5.92 Å². The van der Waals surface area contributed by atoms with Crippen LogP contribution in [0.5, 0.6) is 0 Å². The van der Waals surface area contributed by atoms with E-state index in [1.54, 1.807) is 6.26 Å². The number of rotatable bonds is 7. The van der Waals surface area contributed by atoms with Gasteiger partial charge in [0, 0.05) is 30.6 Å². The largest absolute Gasteiger partial charge is 0.472 e. The average Bonchev–Trinajstić information content (AvgIpc) is 3.36. The molecule has 3 unspecified atom stereocenters. The number of benzene rings is 3. The molecule has 0 bridgehead atoms. The number of fused-ring (bicyclic) bond motifs is 1. The predicted molar refractivity (Wildman–Crippen MR) is 132 cm³/mol. The van der Waals surface area contributed by atoms with Gasteiger partial charge >= 0.3 is 0 Å². The first-order chi connectivity index (χ1) is 15.8. The Morgan fingerprint density at radius 2 is 1.78 bits per heavy atom. The zero-order valence-electron chi connectivity index (χ0n) is 18.8.